The molecule has 2 nitrogen and oxygen atoms in total. The second kappa shape index (κ2) is 5.80. The molecule has 0 aliphatic carbocycles. The number of carbonyl (C=O) groups is 1. The summed E-state index contributed by atoms with van der Waals surface area (Å²) in [5, 5.41) is 0. The van der Waals surface area contributed by atoms with Gasteiger partial charge in [-0.25, -0.2) is 0 Å². The minimum absolute atomic E-state index is 0.0738. The van der Waals surface area contributed by atoms with E-state index in [0.29, 0.717) is 3.92 Å². The predicted octanol–water partition coefficient (Wildman–Crippen LogP) is 2.54. The van der Waals surface area contributed by atoms with Crippen LogP contribution in [0.5, 0.6) is 0 Å². The number of halogens is 1. The molecule has 0 aliphatic rings. The normalized spacial score (nSPS) is 15.6. The van der Waals surface area contributed by atoms with E-state index in [9.17, 15) is 4.79 Å². The van der Waals surface area contributed by atoms with Gasteiger partial charge in [-0.15, -0.1) is 0 Å². The fourth-order valence-electron chi connectivity index (χ4n) is 0.807. The SMILES string of the molecule is CC(=O)OC(C)CCC(C)I. The highest BCUT2D eigenvalue weighted by atomic mass is 127. The number of esters is 1. The van der Waals surface area contributed by atoms with Crippen molar-refractivity contribution in [3.05, 3.63) is 0 Å². The Morgan fingerprint density at radius 3 is 2.36 bits per heavy atom. The fourth-order valence-corrected chi connectivity index (χ4v) is 1.17. The van der Waals surface area contributed by atoms with Gasteiger partial charge >= 0.3 is 5.97 Å². The molecule has 0 heterocycles. The van der Waals surface area contributed by atoms with Crippen molar-refractivity contribution in [2.24, 2.45) is 0 Å². The van der Waals surface area contributed by atoms with Crippen molar-refractivity contribution in [1.82, 2.24) is 0 Å². The van der Waals surface area contributed by atoms with Crippen molar-refractivity contribution >= 4 is 28.6 Å². The second-order valence-electron chi connectivity index (χ2n) is 2.78. The number of alkyl halides is 1. The summed E-state index contributed by atoms with van der Waals surface area (Å²) in [5.74, 6) is -0.182. The van der Waals surface area contributed by atoms with Gasteiger partial charge in [-0.05, 0) is 19.8 Å². The van der Waals surface area contributed by atoms with Crippen molar-refractivity contribution in [3.8, 4) is 0 Å². The third-order valence-electron chi connectivity index (χ3n) is 1.34. The van der Waals surface area contributed by atoms with Crippen LogP contribution in [0.25, 0.3) is 0 Å². The zero-order valence-corrected chi connectivity index (χ0v) is 9.42. The first kappa shape index (κ1) is 11.2. The zero-order valence-electron chi connectivity index (χ0n) is 7.26. The number of carbonyl (C=O) groups excluding carboxylic acids is 1. The average molecular weight is 270 g/mol. The van der Waals surface area contributed by atoms with Crippen molar-refractivity contribution in [1.29, 1.82) is 0 Å². The highest BCUT2D eigenvalue weighted by Gasteiger charge is 2.06. The molecule has 0 saturated carbocycles. The molecule has 0 N–H and O–H groups in total. The molecule has 0 radical (unpaired) electrons. The largest absolute Gasteiger partial charge is 0.463 e. The van der Waals surface area contributed by atoms with E-state index in [2.05, 4.69) is 29.5 Å². The van der Waals surface area contributed by atoms with Crippen LogP contribution in [-0.2, 0) is 9.53 Å². The van der Waals surface area contributed by atoms with Gasteiger partial charge < -0.3 is 4.74 Å². The summed E-state index contributed by atoms with van der Waals surface area (Å²) >= 11 is 2.37. The van der Waals surface area contributed by atoms with Crippen LogP contribution in [0.4, 0.5) is 0 Å². The summed E-state index contributed by atoms with van der Waals surface area (Å²) in [5.41, 5.74) is 0. The van der Waals surface area contributed by atoms with Crippen molar-refractivity contribution in [2.75, 3.05) is 0 Å². The van der Waals surface area contributed by atoms with Crippen LogP contribution in [0.3, 0.4) is 0 Å². The summed E-state index contributed by atoms with van der Waals surface area (Å²) in [6.45, 7) is 5.53. The quantitative estimate of drug-likeness (QED) is 0.446. The molecule has 0 aromatic heterocycles. The summed E-state index contributed by atoms with van der Waals surface area (Å²) in [6.07, 6.45) is 2.14. The maximum atomic E-state index is 10.5. The molecule has 0 amide bonds. The molecule has 0 rings (SSSR count). The van der Waals surface area contributed by atoms with Crippen LogP contribution < -0.4 is 0 Å². The van der Waals surface area contributed by atoms with Gasteiger partial charge in [0.15, 0.2) is 0 Å². The van der Waals surface area contributed by atoms with E-state index in [1.165, 1.54) is 6.92 Å². The average Bonchev–Trinajstić information content (AvgIpc) is 1.82. The van der Waals surface area contributed by atoms with Crippen molar-refractivity contribution in [2.45, 2.75) is 43.6 Å². The maximum absolute atomic E-state index is 10.5. The molecule has 0 spiro atoms. The third-order valence-corrected chi connectivity index (χ3v) is 1.96. The number of ether oxygens (including phenoxy) is 1. The molecule has 0 aromatic carbocycles. The molecule has 11 heavy (non-hydrogen) atoms. The molecular formula is C8H15IO2. The van der Waals surface area contributed by atoms with Gasteiger partial charge in [-0.3, -0.25) is 4.79 Å². The first-order valence-corrected chi connectivity index (χ1v) is 5.08. The highest BCUT2D eigenvalue weighted by Crippen LogP contribution is 2.10. The van der Waals surface area contributed by atoms with Gasteiger partial charge in [-0.1, -0.05) is 29.5 Å². The number of hydrogen-bond acceptors (Lipinski definition) is 2. The van der Waals surface area contributed by atoms with Crippen LogP contribution in [0.2, 0.25) is 0 Å². The molecule has 3 heteroatoms. The maximum Gasteiger partial charge on any atom is 0.302 e. The second-order valence-corrected chi connectivity index (χ2v) is 4.90. The molecule has 66 valence electrons. The third kappa shape index (κ3) is 8.10. The highest BCUT2D eigenvalue weighted by molar-refractivity contribution is 14.1. The van der Waals surface area contributed by atoms with E-state index >= 15 is 0 Å². The minimum atomic E-state index is -0.182. The van der Waals surface area contributed by atoms with Gasteiger partial charge in [0.2, 0.25) is 0 Å². The Kier molecular flexibility index (Phi) is 5.91. The van der Waals surface area contributed by atoms with E-state index in [1.54, 1.807) is 0 Å². The van der Waals surface area contributed by atoms with Gasteiger partial charge in [0.1, 0.15) is 0 Å². The van der Waals surface area contributed by atoms with E-state index in [0.717, 1.165) is 12.8 Å². The summed E-state index contributed by atoms with van der Waals surface area (Å²) in [7, 11) is 0. The van der Waals surface area contributed by atoms with Crippen LogP contribution in [0, 0.1) is 0 Å². The van der Waals surface area contributed by atoms with Crippen LogP contribution in [0.15, 0.2) is 0 Å². The Labute approximate surface area is 81.8 Å². The minimum Gasteiger partial charge on any atom is -0.463 e. The van der Waals surface area contributed by atoms with E-state index in [4.69, 9.17) is 4.74 Å². The van der Waals surface area contributed by atoms with Gasteiger partial charge in [-0.2, -0.15) is 0 Å². The van der Waals surface area contributed by atoms with Gasteiger partial charge in [0.25, 0.3) is 0 Å². The number of rotatable bonds is 4. The van der Waals surface area contributed by atoms with Crippen LogP contribution in [0.1, 0.15) is 33.6 Å². The Bertz CT molecular complexity index is 123. The lowest BCUT2D eigenvalue weighted by molar-refractivity contribution is -0.145. The molecular weight excluding hydrogens is 255 g/mol. The Morgan fingerprint density at radius 2 is 2.00 bits per heavy atom. The molecule has 0 aromatic rings. The van der Waals surface area contributed by atoms with Crippen LogP contribution >= 0.6 is 22.6 Å². The molecule has 2 unspecified atom stereocenters. The first-order valence-electron chi connectivity index (χ1n) is 3.83. The van der Waals surface area contributed by atoms with E-state index in [-0.39, 0.29) is 12.1 Å². The predicted molar refractivity (Wildman–Crippen MR) is 53.9 cm³/mol. The lowest BCUT2D eigenvalue weighted by Gasteiger charge is -2.11. The fraction of sp³-hybridized carbons (Fsp3) is 0.875. The Hall–Kier alpha value is 0.200. The van der Waals surface area contributed by atoms with Gasteiger partial charge in [0.05, 0.1) is 6.10 Å². The molecule has 0 saturated heterocycles. The molecule has 0 bridgehead atoms. The molecule has 2 atom stereocenters. The smallest absolute Gasteiger partial charge is 0.302 e. The van der Waals surface area contributed by atoms with E-state index in [1.807, 2.05) is 6.92 Å². The summed E-state index contributed by atoms with van der Waals surface area (Å²) in [4.78, 5) is 10.5. The zero-order chi connectivity index (χ0) is 8.85. The van der Waals surface area contributed by atoms with Crippen LogP contribution in [-0.4, -0.2) is 16.0 Å². The van der Waals surface area contributed by atoms with Crippen molar-refractivity contribution in [3.63, 3.8) is 0 Å². The van der Waals surface area contributed by atoms with Gasteiger partial charge in [0, 0.05) is 10.8 Å². The van der Waals surface area contributed by atoms with E-state index < -0.39 is 0 Å². The first-order chi connectivity index (χ1) is 5.02. The summed E-state index contributed by atoms with van der Waals surface area (Å²) < 4.78 is 5.62. The lowest BCUT2D eigenvalue weighted by Crippen LogP contribution is -2.13. The summed E-state index contributed by atoms with van der Waals surface area (Å²) in [6, 6.07) is 0. The molecule has 0 aliphatic heterocycles. The van der Waals surface area contributed by atoms with Crippen molar-refractivity contribution < 1.29 is 9.53 Å². The Balaban J connectivity index is 3.37. The Morgan fingerprint density at radius 1 is 1.45 bits per heavy atom. The number of hydrogen-bond donors (Lipinski definition) is 0. The topological polar surface area (TPSA) is 26.3 Å². The molecule has 0 fully saturated rings. The monoisotopic (exact) mass is 270 g/mol. The lowest BCUT2D eigenvalue weighted by atomic mass is 10.2. The standard InChI is InChI=1S/C8H15IO2/c1-6(9)4-5-7(2)11-8(3)10/h6-7H,4-5H2,1-3H3.